The first kappa shape index (κ1) is 18.4. The van der Waals surface area contributed by atoms with Crippen molar-refractivity contribution in [1.82, 2.24) is 10.3 Å². The van der Waals surface area contributed by atoms with Gasteiger partial charge in [-0.25, -0.2) is 9.78 Å². The molecule has 0 bridgehead atoms. The van der Waals surface area contributed by atoms with Gasteiger partial charge in [0.05, 0.1) is 18.3 Å². The summed E-state index contributed by atoms with van der Waals surface area (Å²) in [6, 6.07) is 6.87. The number of nitrogens with one attached hydrogen (secondary N) is 1. The highest BCUT2D eigenvalue weighted by molar-refractivity contribution is 7.07. The van der Waals surface area contributed by atoms with Gasteiger partial charge in [-0.1, -0.05) is 19.3 Å². The van der Waals surface area contributed by atoms with Gasteiger partial charge in [0.2, 0.25) is 0 Å². The minimum atomic E-state index is -0.913. The predicted octanol–water partition coefficient (Wildman–Crippen LogP) is 3.33. The molecule has 2 aromatic rings. The van der Waals surface area contributed by atoms with Gasteiger partial charge in [0.25, 0.3) is 5.91 Å². The number of nitrogens with zero attached hydrogens (tertiary/aromatic N) is 1. The summed E-state index contributed by atoms with van der Waals surface area (Å²) in [6.07, 6.45) is 4.09. The largest absolute Gasteiger partial charge is 0.487 e. The molecular weight excluding hydrogens is 352 g/mol. The van der Waals surface area contributed by atoms with Crippen LogP contribution in [-0.2, 0) is 16.1 Å². The van der Waals surface area contributed by atoms with Crippen molar-refractivity contribution < 1.29 is 19.1 Å². The molecule has 0 aliphatic heterocycles. The van der Waals surface area contributed by atoms with Crippen molar-refractivity contribution in [1.29, 1.82) is 0 Å². The number of carbonyl (C=O) groups excluding carboxylic acids is 2. The van der Waals surface area contributed by atoms with Gasteiger partial charge in [-0.05, 0) is 37.1 Å². The summed E-state index contributed by atoms with van der Waals surface area (Å²) >= 11 is 1.52. The average Bonchev–Trinajstić information content (AvgIpc) is 3.20. The molecule has 1 N–H and O–H groups in total. The van der Waals surface area contributed by atoms with Crippen molar-refractivity contribution in [2.45, 2.75) is 44.2 Å². The lowest BCUT2D eigenvalue weighted by molar-refractivity contribution is -0.149. The Kier molecular flexibility index (Phi) is 5.88. The van der Waals surface area contributed by atoms with Crippen LogP contribution in [0.4, 0.5) is 0 Å². The summed E-state index contributed by atoms with van der Waals surface area (Å²) in [5.74, 6) is 0.0204. The molecule has 0 unspecified atom stereocenters. The van der Waals surface area contributed by atoms with E-state index >= 15 is 0 Å². The zero-order chi connectivity index (χ0) is 18.4. The molecule has 0 spiro atoms. The molecule has 1 aromatic heterocycles. The first-order valence-corrected chi connectivity index (χ1v) is 9.58. The molecule has 7 heteroatoms. The Morgan fingerprint density at radius 1 is 1.19 bits per heavy atom. The summed E-state index contributed by atoms with van der Waals surface area (Å²) < 4.78 is 10.6. The number of esters is 1. The molecule has 1 amide bonds. The van der Waals surface area contributed by atoms with Crippen LogP contribution in [0.15, 0.2) is 35.2 Å². The van der Waals surface area contributed by atoms with Gasteiger partial charge in [0.1, 0.15) is 17.9 Å². The van der Waals surface area contributed by atoms with E-state index in [1.165, 1.54) is 18.4 Å². The molecule has 1 aromatic carbocycles. The molecule has 0 saturated heterocycles. The Balaban J connectivity index is 1.64. The smallest absolute Gasteiger partial charge is 0.331 e. The Morgan fingerprint density at radius 3 is 2.54 bits per heavy atom. The molecule has 1 heterocycles. The van der Waals surface area contributed by atoms with Crippen LogP contribution in [0.1, 0.15) is 48.2 Å². The molecule has 138 valence electrons. The Morgan fingerprint density at radius 2 is 1.92 bits per heavy atom. The van der Waals surface area contributed by atoms with E-state index in [0.717, 1.165) is 25.0 Å². The van der Waals surface area contributed by atoms with Gasteiger partial charge in [0, 0.05) is 10.9 Å². The Labute approximate surface area is 156 Å². The van der Waals surface area contributed by atoms with Crippen LogP contribution in [0.25, 0.3) is 0 Å². The number of carbonyl (C=O) groups is 2. The molecule has 26 heavy (non-hydrogen) atoms. The minimum Gasteiger partial charge on any atom is -0.487 e. The number of benzene rings is 1. The molecule has 0 radical (unpaired) electrons. The van der Waals surface area contributed by atoms with Crippen molar-refractivity contribution in [3.05, 3.63) is 46.4 Å². The fraction of sp³-hybridized carbons (Fsp3) is 0.421. The van der Waals surface area contributed by atoms with Crippen LogP contribution in [-0.4, -0.2) is 29.5 Å². The second-order valence-electron chi connectivity index (χ2n) is 6.38. The van der Waals surface area contributed by atoms with Gasteiger partial charge in [-0.3, -0.25) is 4.79 Å². The Bertz CT molecular complexity index is 737. The van der Waals surface area contributed by atoms with Crippen LogP contribution < -0.4 is 10.1 Å². The zero-order valence-electron chi connectivity index (χ0n) is 14.7. The van der Waals surface area contributed by atoms with Gasteiger partial charge < -0.3 is 14.8 Å². The third-order valence-electron chi connectivity index (χ3n) is 4.62. The summed E-state index contributed by atoms with van der Waals surface area (Å²) in [6.45, 7) is 0.389. The lowest BCUT2D eigenvalue weighted by atomic mass is 9.81. The number of ether oxygens (including phenoxy) is 2. The van der Waals surface area contributed by atoms with E-state index in [9.17, 15) is 9.59 Å². The van der Waals surface area contributed by atoms with E-state index in [0.29, 0.717) is 30.8 Å². The standard InChI is InChI=1S/C19H22N2O4S/c1-24-18(23)19(9-3-2-4-10-19)21-17(22)14-5-7-16(8-6-14)25-11-15-12-26-13-20-15/h5-8,12-13H,2-4,9-11H2,1H3,(H,21,22). The topological polar surface area (TPSA) is 77.5 Å². The van der Waals surface area contributed by atoms with Crippen molar-refractivity contribution in [2.75, 3.05) is 7.11 Å². The van der Waals surface area contributed by atoms with E-state index in [-0.39, 0.29) is 11.9 Å². The maximum Gasteiger partial charge on any atom is 0.331 e. The number of rotatable bonds is 6. The van der Waals surface area contributed by atoms with E-state index in [4.69, 9.17) is 9.47 Å². The number of aromatic nitrogens is 1. The summed E-state index contributed by atoms with van der Waals surface area (Å²) in [5, 5.41) is 4.84. The molecule has 0 atom stereocenters. The summed E-state index contributed by atoms with van der Waals surface area (Å²) in [5.41, 5.74) is 2.20. The molecule has 1 fully saturated rings. The predicted molar refractivity (Wildman–Crippen MR) is 98.2 cm³/mol. The maximum absolute atomic E-state index is 12.6. The quantitative estimate of drug-likeness (QED) is 0.785. The number of thiazole rings is 1. The van der Waals surface area contributed by atoms with E-state index < -0.39 is 5.54 Å². The zero-order valence-corrected chi connectivity index (χ0v) is 15.5. The molecule has 1 aliphatic carbocycles. The Hall–Kier alpha value is -2.41. The average molecular weight is 374 g/mol. The highest BCUT2D eigenvalue weighted by atomic mass is 32.1. The van der Waals surface area contributed by atoms with Crippen molar-refractivity contribution in [3.63, 3.8) is 0 Å². The van der Waals surface area contributed by atoms with E-state index in [1.54, 1.807) is 29.8 Å². The molecule has 1 aliphatic rings. The molecule has 6 nitrogen and oxygen atoms in total. The van der Waals surface area contributed by atoms with Crippen LogP contribution in [0, 0.1) is 0 Å². The van der Waals surface area contributed by atoms with E-state index in [1.807, 2.05) is 5.38 Å². The number of hydrogen-bond donors (Lipinski definition) is 1. The lowest BCUT2D eigenvalue weighted by Gasteiger charge is -2.35. The van der Waals surface area contributed by atoms with Gasteiger partial charge in [-0.2, -0.15) is 0 Å². The lowest BCUT2D eigenvalue weighted by Crippen LogP contribution is -2.56. The second kappa shape index (κ2) is 8.31. The van der Waals surface area contributed by atoms with Gasteiger partial charge in [0.15, 0.2) is 0 Å². The third-order valence-corrected chi connectivity index (χ3v) is 5.26. The minimum absolute atomic E-state index is 0.275. The molecular formula is C19H22N2O4S. The monoisotopic (exact) mass is 374 g/mol. The summed E-state index contributed by atoms with van der Waals surface area (Å²) in [4.78, 5) is 29.0. The highest BCUT2D eigenvalue weighted by Gasteiger charge is 2.42. The first-order chi connectivity index (χ1) is 12.6. The third kappa shape index (κ3) is 4.22. The number of amides is 1. The van der Waals surface area contributed by atoms with Gasteiger partial charge >= 0.3 is 5.97 Å². The maximum atomic E-state index is 12.6. The summed E-state index contributed by atoms with van der Waals surface area (Å²) in [7, 11) is 1.36. The van der Waals surface area contributed by atoms with E-state index in [2.05, 4.69) is 10.3 Å². The van der Waals surface area contributed by atoms with Crippen molar-refractivity contribution >= 4 is 23.2 Å². The molecule has 1 saturated carbocycles. The van der Waals surface area contributed by atoms with Crippen LogP contribution >= 0.6 is 11.3 Å². The van der Waals surface area contributed by atoms with Crippen LogP contribution in [0.3, 0.4) is 0 Å². The highest BCUT2D eigenvalue weighted by Crippen LogP contribution is 2.30. The molecule has 3 rings (SSSR count). The van der Waals surface area contributed by atoms with Crippen LogP contribution in [0.2, 0.25) is 0 Å². The SMILES string of the molecule is COC(=O)C1(NC(=O)c2ccc(OCc3cscn3)cc2)CCCCC1. The van der Waals surface area contributed by atoms with Crippen molar-refractivity contribution in [2.24, 2.45) is 0 Å². The van der Waals surface area contributed by atoms with Crippen molar-refractivity contribution in [3.8, 4) is 5.75 Å². The fourth-order valence-electron chi connectivity index (χ4n) is 3.19. The first-order valence-electron chi connectivity index (χ1n) is 8.64. The van der Waals surface area contributed by atoms with Gasteiger partial charge in [-0.15, -0.1) is 11.3 Å². The second-order valence-corrected chi connectivity index (χ2v) is 7.10. The number of hydrogen-bond acceptors (Lipinski definition) is 6. The van der Waals surface area contributed by atoms with Crippen LogP contribution in [0.5, 0.6) is 5.75 Å². The number of methoxy groups -OCH3 is 1. The fourth-order valence-corrected chi connectivity index (χ4v) is 3.73. The normalized spacial score (nSPS) is 15.9.